The number of likely N-dealkylation sites (N-methyl/N-ethyl adjacent to an activating group) is 1. The van der Waals surface area contributed by atoms with Crippen LogP contribution in [-0.4, -0.2) is 35.0 Å². The lowest BCUT2D eigenvalue weighted by Gasteiger charge is -2.24. The summed E-state index contributed by atoms with van der Waals surface area (Å²) in [5.41, 5.74) is -0.768. The number of nitrogens with zero attached hydrogens (tertiary/aromatic N) is 1. The van der Waals surface area contributed by atoms with E-state index in [0.717, 1.165) is 0 Å². The van der Waals surface area contributed by atoms with Crippen LogP contribution in [0.15, 0.2) is 16.5 Å². The van der Waals surface area contributed by atoms with Gasteiger partial charge in [0.15, 0.2) is 0 Å². The van der Waals surface area contributed by atoms with Crippen molar-refractivity contribution < 1.29 is 18.3 Å². The Morgan fingerprint density at radius 2 is 2.00 bits per heavy atom. The second kappa shape index (κ2) is 6.54. The molecule has 104 valence electrons. The number of hydrogen-bond acceptors (Lipinski definition) is 4. The molecule has 1 N–H and O–H groups in total. The van der Waals surface area contributed by atoms with E-state index in [9.17, 15) is 13.9 Å². The number of rotatable bonds is 7. The third-order valence-corrected chi connectivity index (χ3v) is 2.85. The molecule has 0 bridgehead atoms. The molecule has 1 aromatic rings. The summed E-state index contributed by atoms with van der Waals surface area (Å²) in [5, 5.41) is 9.66. The number of alkyl halides is 2. The molecule has 3 nitrogen and oxygen atoms in total. The molecule has 0 saturated heterocycles. The minimum absolute atomic E-state index is 0.173. The molecule has 0 aliphatic heterocycles. The molecule has 0 saturated carbocycles. The Labute approximate surface area is 110 Å². The molecule has 0 radical (unpaired) electrons. The predicted molar refractivity (Wildman–Crippen MR) is 68.6 cm³/mol. The third kappa shape index (κ3) is 6.37. The average molecular weight is 279 g/mol. The molecule has 0 aromatic carbocycles. The van der Waals surface area contributed by atoms with Gasteiger partial charge < -0.3 is 9.52 Å². The molecule has 0 spiro atoms. The van der Waals surface area contributed by atoms with Crippen LogP contribution in [0.2, 0.25) is 0 Å². The molecule has 0 amide bonds. The number of hydrogen-bond donors (Lipinski definition) is 1. The second-order valence-corrected chi connectivity index (χ2v) is 5.90. The Morgan fingerprint density at radius 3 is 2.56 bits per heavy atom. The van der Waals surface area contributed by atoms with E-state index in [2.05, 4.69) is 0 Å². The molecule has 1 heterocycles. The number of thioether (sulfide) groups is 1. The lowest BCUT2D eigenvalue weighted by molar-refractivity contribution is 0.0407. The van der Waals surface area contributed by atoms with Crippen LogP contribution in [0, 0.1) is 0 Å². The number of aliphatic hydroxyl groups is 1. The van der Waals surface area contributed by atoms with E-state index < -0.39 is 11.4 Å². The van der Waals surface area contributed by atoms with E-state index in [4.69, 9.17) is 4.42 Å². The van der Waals surface area contributed by atoms with Gasteiger partial charge in [0.1, 0.15) is 11.5 Å². The van der Waals surface area contributed by atoms with Crippen molar-refractivity contribution in [3.8, 4) is 0 Å². The second-order valence-electron chi connectivity index (χ2n) is 4.92. The summed E-state index contributed by atoms with van der Waals surface area (Å²) >= 11 is 0.546. The third-order valence-electron chi connectivity index (χ3n) is 2.15. The maximum Gasteiger partial charge on any atom is 0.284 e. The zero-order chi connectivity index (χ0) is 13.8. The minimum Gasteiger partial charge on any atom is -0.464 e. The van der Waals surface area contributed by atoms with Gasteiger partial charge in [0.2, 0.25) is 0 Å². The van der Waals surface area contributed by atoms with Gasteiger partial charge in [0, 0.05) is 6.54 Å². The first-order valence-corrected chi connectivity index (χ1v) is 6.69. The van der Waals surface area contributed by atoms with Gasteiger partial charge in [0.25, 0.3) is 5.76 Å². The molecular formula is C12H19F2NO2S. The van der Waals surface area contributed by atoms with Crippen molar-refractivity contribution in [3.05, 3.63) is 23.7 Å². The van der Waals surface area contributed by atoms with Crippen LogP contribution in [-0.2, 0) is 12.3 Å². The van der Waals surface area contributed by atoms with Crippen molar-refractivity contribution in [2.75, 3.05) is 13.6 Å². The largest absolute Gasteiger partial charge is 0.464 e. The number of furan rings is 1. The Kier molecular flexibility index (Phi) is 5.62. The first kappa shape index (κ1) is 15.5. The molecule has 1 rings (SSSR count). The Hall–Kier alpha value is -0.590. The number of halogens is 2. The van der Waals surface area contributed by atoms with Crippen LogP contribution in [0.5, 0.6) is 0 Å². The van der Waals surface area contributed by atoms with E-state index in [0.29, 0.717) is 36.4 Å². The summed E-state index contributed by atoms with van der Waals surface area (Å²) in [6, 6.07) is 3.49. The fourth-order valence-corrected chi connectivity index (χ4v) is 2.16. The van der Waals surface area contributed by atoms with Gasteiger partial charge in [-0.2, -0.15) is 8.78 Å². The normalized spacial score (nSPS) is 12.7. The summed E-state index contributed by atoms with van der Waals surface area (Å²) in [4.78, 5) is 1.92. The van der Waals surface area contributed by atoms with E-state index in [1.165, 1.54) is 0 Å². The van der Waals surface area contributed by atoms with Crippen molar-refractivity contribution in [2.24, 2.45) is 0 Å². The summed E-state index contributed by atoms with van der Waals surface area (Å²) in [6.45, 7) is 4.52. The highest BCUT2D eigenvalue weighted by atomic mass is 32.2. The van der Waals surface area contributed by atoms with Crippen LogP contribution in [0.1, 0.15) is 25.4 Å². The van der Waals surface area contributed by atoms with Crippen molar-refractivity contribution in [2.45, 2.75) is 37.5 Å². The lowest BCUT2D eigenvalue weighted by Crippen LogP contribution is -2.35. The predicted octanol–water partition coefficient (Wildman–Crippen LogP) is 2.94. The first-order valence-electron chi connectivity index (χ1n) is 5.64. The van der Waals surface area contributed by atoms with E-state index in [1.807, 2.05) is 11.9 Å². The van der Waals surface area contributed by atoms with Gasteiger partial charge >= 0.3 is 0 Å². The molecule has 1 aromatic heterocycles. The Bertz CT molecular complexity index is 363. The molecule has 0 unspecified atom stereocenters. The fourth-order valence-electron chi connectivity index (χ4n) is 1.71. The van der Waals surface area contributed by atoms with Crippen molar-refractivity contribution in [1.82, 2.24) is 4.90 Å². The summed E-state index contributed by atoms with van der Waals surface area (Å²) < 4.78 is 29.5. The highest BCUT2D eigenvalue weighted by molar-refractivity contribution is 7.98. The molecule has 6 heteroatoms. The zero-order valence-corrected chi connectivity index (χ0v) is 11.6. The topological polar surface area (TPSA) is 36.6 Å². The van der Waals surface area contributed by atoms with Gasteiger partial charge in [-0.05, 0) is 33.0 Å². The first-order chi connectivity index (χ1) is 8.26. The van der Waals surface area contributed by atoms with Crippen LogP contribution in [0.4, 0.5) is 8.78 Å². The van der Waals surface area contributed by atoms with Gasteiger partial charge in [0.05, 0.1) is 17.9 Å². The standard InChI is InChI=1S/C12H19F2NO2S/c1-12(2,16)8-15(3)6-9-4-5-10(17-9)7-18-11(13)14/h4-5,11,16H,6-8H2,1-3H3. The summed E-state index contributed by atoms with van der Waals surface area (Å²) in [7, 11) is 1.87. The van der Waals surface area contributed by atoms with Crippen molar-refractivity contribution >= 4 is 11.8 Å². The molecule has 0 fully saturated rings. The zero-order valence-electron chi connectivity index (χ0n) is 10.8. The van der Waals surface area contributed by atoms with Gasteiger partial charge in [-0.15, -0.1) is 0 Å². The molecule has 0 atom stereocenters. The molecular weight excluding hydrogens is 260 g/mol. The van der Waals surface area contributed by atoms with Crippen LogP contribution < -0.4 is 0 Å². The molecule has 18 heavy (non-hydrogen) atoms. The van der Waals surface area contributed by atoms with Crippen molar-refractivity contribution in [3.63, 3.8) is 0 Å². The monoisotopic (exact) mass is 279 g/mol. The highest BCUT2D eigenvalue weighted by Crippen LogP contribution is 2.21. The van der Waals surface area contributed by atoms with Gasteiger partial charge in [-0.1, -0.05) is 11.8 Å². The molecule has 0 aliphatic rings. The maximum atomic E-state index is 12.0. The minimum atomic E-state index is -2.38. The average Bonchev–Trinajstić information content (AvgIpc) is 2.59. The Balaban J connectivity index is 2.43. The van der Waals surface area contributed by atoms with Gasteiger partial charge in [-0.3, -0.25) is 4.90 Å². The fraction of sp³-hybridized carbons (Fsp3) is 0.667. The highest BCUT2D eigenvalue weighted by Gasteiger charge is 2.16. The SMILES string of the molecule is CN(Cc1ccc(CSC(F)F)o1)CC(C)(C)O. The van der Waals surface area contributed by atoms with E-state index in [-0.39, 0.29) is 5.75 Å². The Morgan fingerprint density at radius 1 is 1.39 bits per heavy atom. The van der Waals surface area contributed by atoms with Crippen LogP contribution >= 0.6 is 11.8 Å². The van der Waals surface area contributed by atoms with E-state index >= 15 is 0 Å². The quantitative estimate of drug-likeness (QED) is 0.832. The summed E-state index contributed by atoms with van der Waals surface area (Å²) in [6.07, 6.45) is 0. The summed E-state index contributed by atoms with van der Waals surface area (Å²) in [5.74, 6) is -0.942. The molecule has 0 aliphatic carbocycles. The van der Waals surface area contributed by atoms with Crippen molar-refractivity contribution in [1.29, 1.82) is 0 Å². The van der Waals surface area contributed by atoms with Crippen LogP contribution in [0.25, 0.3) is 0 Å². The van der Waals surface area contributed by atoms with Gasteiger partial charge in [-0.25, -0.2) is 0 Å². The smallest absolute Gasteiger partial charge is 0.284 e. The maximum absolute atomic E-state index is 12.0. The lowest BCUT2D eigenvalue weighted by atomic mass is 10.1. The van der Waals surface area contributed by atoms with E-state index in [1.54, 1.807) is 26.0 Å². The van der Waals surface area contributed by atoms with Crippen LogP contribution in [0.3, 0.4) is 0 Å².